The molecule has 2 aromatic heterocycles. The van der Waals surface area contributed by atoms with Crippen LogP contribution in [-0.2, 0) is 16.6 Å². The number of aromatic nitrogens is 2. The van der Waals surface area contributed by atoms with Gasteiger partial charge in [-0.2, -0.15) is 5.26 Å². The van der Waals surface area contributed by atoms with E-state index in [0.29, 0.717) is 5.69 Å². The molecular weight excluding hydrogens is 400 g/mol. The molecule has 0 fully saturated rings. The van der Waals surface area contributed by atoms with Gasteiger partial charge < -0.3 is 18.6 Å². The Bertz CT molecular complexity index is 1250. The lowest BCUT2D eigenvalue weighted by Gasteiger charge is -2.22. The Balaban J connectivity index is 1.84. The number of ether oxygens (including phenoxy) is 1. The van der Waals surface area contributed by atoms with Gasteiger partial charge in [-0.25, -0.2) is 9.78 Å². The number of benzene rings is 1. The predicted molar refractivity (Wildman–Crippen MR) is 113 cm³/mol. The zero-order valence-corrected chi connectivity index (χ0v) is 17.8. The van der Waals surface area contributed by atoms with Crippen molar-refractivity contribution in [2.75, 3.05) is 18.1 Å². The molecule has 160 valence electrons. The van der Waals surface area contributed by atoms with Gasteiger partial charge in [-0.05, 0) is 44.0 Å². The summed E-state index contributed by atoms with van der Waals surface area (Å²) in [5, 5.41) is 8.96. The van der Waals surface area contributed by atoms with Crippen molar-refractivity contribution >= 4 is 28.7 Å². The largest absolute Gasteiger partial charge is 0.452 e. The SMILES string of the molecule is Cc1cc(C)cc(N(CCC#N)C(=O)COC(=O)c2c(C)oc3ncn(C)c(=O)c23)c1. The molecule has 0 aliphatic rings. The topological polar surface area (TPSA) is 118 Å². The number of aryl methyl sites for hydroxylation is 4. The summed E-state index contributed by atoms with van der Waals surface area (Å²) in [5.74, 6) is -1.15. The monoisotopic (exact) mass is 422 g/mol. The quantitative estimate of drug-likeness (QED) is 0.560. The predicted octanol–water partition coefficient (Wildman–Crippen LogP) is 2.56. The molecule has 1 aromatic carbocycles. The number of hydrogen-bond donors (Lipinski definition) is 0. The maximum Gasteiger partial charge on any atom is 0.343 e. The molecular formula is C22H22N4O5. The van der Waals surface area contributed by atoms with E-state index in [9.17, 15) is 14.4 Å². The van der Waals surface area contributed by atoms with Gasteiger partial charge in [-0.3, -0.25) is 9.59 Å². The minimum Gasteiger partial charge on any atom is -0.452 e. The highest BCUT2D eigenvalue weighted by Gasteiger charge is 2.25. The van der Waals surface area contributed by atoms with Crippen LogP contribution in [-0.4, -0.2) is 34.6 Å². The van der Waals surface area contributed by atoms with Crippen molar-refractivity contribution in [3.63, 3.8) is 0 Å². The van der Waals surface area contributed by atoms with E-state index in [2.05, 4.69) is 4.98 Å². The average Bonchev–Trinajstić information content (AvgIpc) is 3.05. The van der Waals surface area contributed by atoms with Crippen LogP contribution in [0, 0.1) is 32.1 Å². The first kappa shape index (κ1) is 21.8. The van der Waals surface area contributed by atoms with E-state index in [4.69, 9.17) is 14.4 Å². The lowest BCUT2D eigenvalue weighted by molar-refractivity contribution is -0.121. The molecule has 2 heterocycles. The first-order chi connectivity index (χ1) is 14.7. The Morgan fingerprint density at radius 1 is 1.23 bits per heavy atom. The third-order valence-corrected chi connectivity index (χ3v) is 4.75. The van der Waals surface area contributed by atoms with Crippen molar-refractivity contribution in [1.82, 2.24) is 9.55 Å². The van der Waals surface area contributed by atoms with Gasteiger partial charge in [0, 0.05) is 19.3 Å². The first-order valence-corrected chi connectivity index (χ1v) is 9.60. The van der Waals surface area contributed by atoms with E-state index in [1.807, 2.05) is 38.1 Å². The van der Waals surface area contributed by atoms with Gasteiger partial charge in [0.2, 0.25) is 5.71 Å². The number of fused-ring (bicyclic) bond motifs is 1. The minimum absolute atomic E-state index is 0.00981. The molecule has 1 amide bonds. The fourth-order valence-electron chi connectivity index (χ4n) is 3.38. The molecule has 31 heavy (non-hydrogen) atoms. The molecule has 0 atom stereocenters. The molecule has 3 rings (SSSR count). The Morgan fingerprint density at radius 3 is 2.55 bits per heavy atom. The fourth-order valence-corrected chi connectivity index (χ4v) is 3.38. The molecule has 0 aliphatic carbocycles. The molecule has 0 bridgehead atoms. The van der Waals surface area contributed by atoms with Crippen molar-refractivity contribution < 1.29 is 18.7 Å². The number of carbonyl (C=O) groups is 2. The normalized spacial score (nSPS) is 10.7. The number of hydrogen-bond acceptors (Lipinski definition) is 7. The summed E-state index contributed by atoms with van der Waals surface area (Å²) in [6.07, 6.45) is 1.42. The molecule has 3 aromatic rings. The van der Waals surface area contributed by atoms with Gasteiger partial charge in [-0.15, -0.1) is 0 Å². The van der Waals surface area contributed by atoms with Crippen LogP contribution in [0.25, 0.3) is 11.1 Å². The highest BCUT2D eigenvalue weighted by atomic mass is 16.5. The summed E-state index contributed by atoms with van der Waals surface area (Å²) >= 11 is 0. The summed E-state index contributed by atoms with van der Waals surface area (Å²) < 4.78 is 11.9. The fraction of sp³-hybridized carbons (Fsp3) is 0.318. The number of nitriles is 1. The van der Waals surface area contributed by atoms with E-state index >= 15 is 0 Å². The Kier molecular flexibility index (Phi) is 6.20. The number of anilines is 1. The van der Waals surface area contributed by atoms with E-state index in [1.54, 1.807) is 0 Å². The van der Waals surface area contributed by atoms with Gasteiger partial charge in [0.1, 0.15) is 23.0 Å². The average molecular weight is 422 g/mol. The van der Waals surface area contributed by atoms with Crippen LogP contribution >= 0.6 is 0 Å². The smallest absolute Gasteiger partial charge is 0.343 e. The second-order valence-electron chi connectivity index (χ2n) is 7.25. The first-order valence-electron chi connectivity index (χ1n) is 9.60. The minimum atomic E-state index is -0.852. The maximum absolute atomic E-state index is 12.9. The molecule has 0 spiro atoms. The number of nitrogens with zero attached hydrogens (tertiary/aromatic N) is 4. The molecule has 0 N–H and O–H groups in total. The maximum atomic E-state index is 12.9. The molecule has 0 saturated heterocycles. The Morgan fingerprint density at radius 2 is 1.90 bits per heavy atom. The van der Waals surface area contributed by atoms with Crippen LogP contribution in [0.4, 0.5) is 5.69 Å². The number of esters is 1. The molecule has 9 heteroatoms. The van der Waals surface area contributed by atoms with Crippen LogP contribution in [0.5, 0.6) is 0 Å². The summed E-state index contributed by atoms with van der Waals surface area (Å²) in [6.45, 7) is 4.95. The van der Waals surface area contributed by atoms with Crippen molar-refractivity contribution in [3.05, 3.63) is 57.3 Å². The van der Waals surface area contributed by atoms with E-state index in [1.165, 1.54) is 29.8 Å². The molecule has 0 saturated carbocycles. The second-order valence-corrected chi connectivity index (χ2v) is 7.25. The van der Waals surface area contributed by atoms with E-state index in [0.717, 1.165) is 11.1 Å². The zero-order valence-electron chi connectivity index (χ0n) is 17.8. The van der Waals surface area contributed by atoms with Gasteiger partial charge in [-0.1, -0.05) is 6.07 Å². The van der Waals surface area contributed by atoms with Crippen LogP contribution in [0.2, 0.25) is 0 Å². The van der Waals surface area contributed by atoms with E-state index in [-0.39, 0.29) is 35.4 Å². The molecule has 0 unspecified atom stereocenters. The zero-order chi connectivity index (χ0) is 22.7. The van der Waals surface area contributed by atoms with Crippen LogP contribution in [0.15, 0.2) is 33.7 Å². The molecule has 0 aliphatic heterocycles. The number of carbonyl (C=O) groups excluding carboxylic acids is 2. The van der Waals surface area contributed by atoms with Crippen molar-refractivity contribution in [1.29, 1.82) is 5.26 Å². The van der Waals surface area contributed by atoms with E-state index < -0.39 is 24.0 Å². The summed E-state index contributed by atoms with van der Waals surface area (Å²) in [4.78, 5) is 43.4. The van der Waals surface area contributed by atoms with Gasteiger partial charge in [0.05, 0.1) is 12.5 Å². The third-order valence-electron chi connectivity index (χ3n) is 4.75. The van der Waals surface area contributed by atoms with Gasteiger partial charge in [0.25, 0.3) is 11.5 Å². The number of rotatable bonds is 6. The van der Waals surface area contributed by atoms with Crippen LogP contribution in [0.3, 0.4) is 0 Å². The summed E-state index contributed by atoms with van der Waals surface area (Å²) in [6, 6.07) is 7.64. The second kappa shape index (κ2) is 8.83. The number of amides is 1. The van der Waals surface area contributed by atoms with Crippen LogP contribution < -0.4 is 10.5 Å². The third kappa shape index (κ3) is 4.48. The lowest BCUT2D eigenvalue weighted by atomic mass is 10.1. The Hall–Kier alpha value is -3.93. The standard InChI is InChI=1S/C22H22N4O5/c1-13-8-14(2)10-16(9-13)26(7-5-6-23)17(27)11-30-22(29)18-15(3)31-20-19(18)21(28)25(4)12-24-20/h8-10,12H,5,7,11H2,1-4H3. The van der Waals surface area contributed by atoms with Crippen molar-refractivity contribution in [2.45, 2.75) is 27.2 Å². The van der Waals surface area contributed by atoms with Crippen molar-refractivity contribution in [2.24, 2.45) is 7.05 Å². The van der Waals surface area contributed by atoms with Gasteiger partial charge in [0.15, 0.2) is 6.61 Å². The van der Waals surface area contributed by atoms with Crippen molar-refractivity contribution in [3.8, 4) is 6.07 Å². The lowest BCUT2D eigenvalue weighted by Crippen LogP contribution is -2.35. The van der Waals surface area contributed by atoms with Crippen LogP contribution in [0.1, 0.15) is 33.7 Å². The summed E-state index contributed by atoms with van der Waals surface area (Å²) in [7, 11) is 1.51. The molecule has 0 radical (unpaired) electrons. The number of furan rings is 1. The Labute approximate surface area is 178 Å². The van der Waals surface area contributed by atoms with Gasteiger partial charge >= 0.3 is 5.97 Å². The summed E-state index contributed by atoms with van der Waals surface area (Å²) in [5.41, 5.74) is 2.08. The molecule has 9 nitrogen and oxygen atoms in total. The highest BCUT2D eigenvalue weighted by Crippen LogP contribution is 2.22. The highest BCUT2D eigenvalue weighted by molar-refractivity contribution is 6.04.